The fourth-order valence-corrected chi connectivity index (χ4v) is 2.36. The van der Waals surface area contributed by atoms with Crippen molar-refractivity contribution in [3.05, 3.63) is 0 Å². The van der Waals surface area contributed by atoms with Crippen LogP contribution in [0.2, 0.25) is 0 Å². The summed E-state index contributed by atoms with van der Waals surface area (Å²) in [5.74, 6) is 1.52. The minimum Gasteiger partial charge on any atom is -0.310 e. The molecule has 1 saturated carbocycles. The quantitative estimate of drug-likeness (QED) is 0.518. The van der Waals surface area contributed by atoms with Gasteiger partial charge in [-0.25, -0.2) is 0 Å². The van der Waals surface area contributed by atoms with E-state index < -0.39 is 0 Å². The van der Waals surface area contributed by atoms with Crippen molar-refractivity contribution in [2.45, 2.75) is 19.8 Å². The highest BCUT2D eigenvalue weighted by Crippen LogP contribution is 2.36. The predicted octanol–water partition coefficient (Wildman–Crippen LogP) is 0.923. The molecule has 2 atom stereocenters. The third-order valence-electron chi connectivity index (χ3n) is 3.04. The molecular formula is C10H19N3. The van der Waals surface area contributed by atoms with E-state index in [0.717, 1.165) is 24.8 Å². The number of nitrogens with zero attached hydrogens (tertiary/aromatic N) is 2. The predicted molar refractivity (Wildman–Crippen MR) is 54.8 cm³/mol. The van der Waals surface area contributed by atoms with E-state index in [4.69, 9.17) is 0 Å². The fraction of sp³-hybridized carbons (Fsp3) is 0.900. The molecule has 3 aliphatic rings. The van der Waals surface area contributed by atoms with Gasteiger partial charge in [0.1, 0.15) is 0 Å². The van der Waals surface area contributed by atoms with Gasteiger partial charge in [-0.15, -0.1) is 0 Å². The largest absolute Gasteiger partial charge is 0.310 e. The maximum atomic E-state index is 4.48. The fourth-order valence-electron chi connectivity index (χ4n) is 2.36. The molecule has 2 aliphatic heterocycles. The first kappa shape index (κ1) is 9.00. The Kier molecular flexibility index (Phi) is 2.54. The van der Waals surface area contributed by atoms with Gasteiger partial charge in [-0.1, -0.05) is 6.92 Å². The van der Waals surface area contributed by atoms with Crippen LogP contribution in [0.25, 0.3) is 0 Å². The zero-order valence-electron chi connectivity index (χ0n) is 8.58. The summed E-state index contributed by atoms with van der Waals surface area (Å²) in [6.07, 6.45) is 2.53. The Balaban J connectivity index is 1.86. The monoisotopic (exact) mass is 181 g/mol. The van der Waals surface area contributed by atoms with Crippen molar-refractivity contribution in [2.75, 3.05) is 26.7 Å². The molecule has 1 aliphatic carbocycles. The molecule has 3 fully saturated rings. The summed E-state index contributed by atoms with van der Waals surface area (Å²) in [5.41, 5.74) is 4.59. The van der Waals surface area contributed by atoms with Crippen LogP contribution in [0.4, 0.5) is 0 Å². The molecule has 1 N–H and O–H groups in total. The molecule has 0 aromatic rings. The zero-order valence-corrected chi connectivity index (χ0v) is 8.58. The topological polar surface area (TPSA) is 27.6 Å². The lowest BCUT2D eigenvalue weighted by molar-refractivity contribution is 0.168. The van der Waals surface area contributed by atoms with Gasteiger partial charge in [0.15, 0.2) is 0 Å². The number of hydrogen-bond acceptors (Lipinski definition) is 3. The highest BCUT2D eigenvalue weighted by Gasteiger charge is 2.42. The number of hydrazone groups is 1. The highest BCUT2D eigenvalue weighted by atomic mass is 15.3. The number of rotatable bonds is 3. The summed E-state index contributed by atoms with van der Waals surface area (Å²) in [7, 11) is 2.20. The van der Waals surface area contributed by atoms with E-state index in [-0.39, 0.29) is 0 Å². The van der Waals surface area contributed by atoms with Crippen molar-refractivity contribution in [2.24, 2.45) is 16.9 Å². The molecule has 0 amide bonds. The van der Waals surface area contributed by atoms with E-state index in [0.29, 0.717) is 0 Å². The van der Waals surface area contributed by atoms with Gasteiger partial charge >= 0.3 is 0 Å². The molecule has 2 bridgehead atoms. The van der Waals surface area contributed by atoms with Crippen molar-refractivity contribution >= 4 is 5.71 Å². The van der Waals surface area contributed by atoms with Crippen molar-refractivity contribution in [1.29, 1.82) is 0 Å². The third kappa shape index (κ3) is 1.70. The summed E-state index contributed by atoms with van der Waals surface area (Å²) in [6.45, 7) is 5.60. The number of fused-ring (bicyclic) bond motifs is 2. The lowest BCUT2D eigenvalue weighted by Gasteiger charge is -2.46. The van der Waals surface area contributed by atoms with E-state index in [1.807, 2.05) is 0 Å². The van der Waals surface area contributed by atoms with Gasteiger partial charge in [0.25, 0.3) is 0 Å². The maximum Gasteiger partial charge on any atom is 0.0466 e. The first-order chi connectivity index (χ1) is 6.31. The van der Waals surface area contributed by atoms with Gasteiger partial charge < -0.3 is 10.3 Å². The average Bonchev–Trinajstić information content (AvgIpc) is 2.12. The summed E-state index contributed by atoms with van der Waals surface area (Å²) in [6, 6.07) is 0. The Morgan fingerprint density at radius 2 is 2.15 bits per heavy atom. The van der Waals surface area contributed by atoms with Crippen LogP contribution in [-0.2, 0) is 0 Å². The van der Waals surface area contributed by atoms with E-state index in [1.165, 1.54) is 25.2 Å². The Morgan fingerprint density at radius 1 is 1.46 bits per heavy atom. The lowest BCUT2D eigenvalue weighted by atomic mass is 9.69. The van der Waals surface area contributed by atoms with Gasteiger partial charge in [0.05, 0.1) is 0 Å². The molecule has 0 spiro atoms. The minimum atomic E-state index is 0.758. The molecule has 0 radical (unpaired) electrons. The summed E-state index contributed by atoms with van der Waals surface area (Å²) in [5, 5.41) is 4.48. The van der Waals surface area contributed by atoms with Crippen molar-refractivity contribution in [3.63, 3.8) is 0 Å². The summed E-state index contributed by atoms with van der Waals surface area (Å²) < 4.78 is 0. The summed E-state index contributed by atoms with van der Waals surface area (Å²) in [4.78, 5) is 2.41. The number of piperidine rings is 2. The second-order valence-electron chi connectivity index (χ2n) is 4.30. The normalized spacial score (nSPS) is 32.6. The molecule has 2 heterocycles. The van der Waals surface area contributed by atoms with Crippen LogP contribution in [0.5, 0.6) is 0 Å². The Hall–Kier alpha value is -0.570. The molecule has 13 heavy (non-hydrogen) atoms. The van der Waals surface area contributed by atoms with Crippen LogP contribution in [-0.4, -0.2) is 37.3 Å². The summed E-state index contributed by atoms with van der Waals surface area (Å²) >= 11 is 0. The van der Waals surface area contributed by atoms with Crippen molar-refractivity contribution < 1.29 is 0 Å². The molecule has 74 valence electrons. The molecule has 2 unspecified atom stereocenters. The number of nitrogens with one attached hydrogen (secondary N) is 1. The highest BCUT2D eigenvalue weighted by molar-refractivity contribution is 5.95. The molecule has 3 nitrogen and oxygen atoms in total. The second-order valence-corrected chi connectivity index (χ2v) is 4.30. The van der Waals surface area contributed by atoms with Crippen molar-refractivity contribution in [1.82, 2.24) is 10.3 Å². The van der Waals surface area contributed by atoms with Gasteiger partial charge in [-0.05, 0) is 19.9 Å². The minimum absolute atomic E-state index is 0.758. The van der Waals surface area contributed by atoms with Crippen LogP contribution < -0.4 is 5.43 Å². The van der Waals surface area contributed by atoms with Crippen molar-refractivity contribution in [3.8, 4) is 0 Å². The van der Waals surface area contributed by atoms with Crippen LogP contribution in [0.1, 0.15) is 19.8 Å². The van der Waals surface area contributed by atoms with Crippen LogP contribution in [0.15, 0.2) is 5.10 Å². The number of hydrogen-bond donors (Lipinski definition) is 1. The SMILES string of the molecule is CCCNN=C1C2CC1CN(C)C2. The smallest absolute Gasteiger partial charge is 0.0466 e. The molecule has 0 aromatic heterocycles. The Morgan fingerprint density at radius 3 is 2.77 bits per heavy atom. The molecular weight excluding hydrogens is 162 g/mol. The van der Waals surface area contributed by atoms with Crippen LogP contribution in [0.3, 0.4) is 0 Å². The van der Waals surface area contributed by atoms with E-state index in [9.17, 15) is 0 Å². The van der Waals surface area contributed by atoms with Crippen LogP contribution >= 0.6 is 0 Å². The van der Waals surface area contributed by atoms with E-state index in [1.54, 1.807) is 0 Å². The second kappa shape index (κ2) is 3.66. The van der Waals surface area contributed by atoms with Gasteiger partial charge in [0.2, 0.25) is 0 Å². The third-order valence-corrected chi connectivity index (χ3v) is 3.04. The van der Waals surface area contributed by atoms with Gasteiger partial charge in [0, 0.05) is 37.2 Å². The van der Waals surface area contributed by atoms with Gasteiger partial charge in [-0.2, -0.15) is 5.10 Å². The molecule has 2 saturated heterocycles. The first-order valence-electron chi connectivity index (χ1n) is 5.30. The molecule has 0 aromatic carbocycles. The van der Waals surface area contributed by atoms with E-state index >= 15 is 0 Å². The first-order valence-corrected chi connectivity index (χ1v) is 5.30. The Bertz CT molecular complexity index is 198. The molecule has 3 rings (SSSR count). The average molecular weight is 181 g/mol. The molecule has 3 heteroatoms. The van der Waals surface area contributed by atoms with Gasteiger partial charge in [-0.3, -0.25) is 0 Å². The zero-order chi connectivity index (χ0) is 9.26. The lowest BCUT2D eigenvalue weighted by Crippen LogP contribution is -2.55. The Labute approximate surface area is 80.2 Å². The standard InChI is InChI=1S/C10H19N3/c1-3-4-11-12-10-8-5-9(10)7-13(2)6-8/h8-9,11H,3-7H2,1-2H3. The van der Waals surface area contributed by atoms with E-state index in [2.05, 4.69) is 29.4 Å². The van der Waals surface area contributed by atoms with Crippen LogP contribution in [0, 0.1) is 11.8 Å². The maximum absolute atomic E-state index is 4.48.